The molecule has 178 valence electrons. The number of esters is 1. The first-order chi connectivity index (χ1) is 15.7. The van der Waals surface area contributed by atoms with E-state index in [1.165, 1.54) is 36.4 Å². The van der Waals surface area contributed by atoms with Gasteiger partial charge in [0.25, 0.3) is 10.0 Å². The number of anilines is 2. The molecule has 0 spiro atoms. The second kappa shape index (κ2) is 10.6. The van der Waals surface area contributed by atoms with Crippen molar-refractivity contribution >= 4 is 33.3 Å². The summed E-state index contributed by atoms with van der Waals surface area (Å²) in [5.74, 6) is -1.28. The zero-order valence-corrected chi connectivity index (χ0v) is 19.4. The lowest BCUT2D eigenvalue weighted by Gasteiger charge is -2.33. The van der Waals surface area contributed by atoms with Gasteiger partial charge in [-0.3, -0.25) is 9.52 Å². The van der Waals surface area contributed by atoms with Crippen LogP contribution in [0.2, 0.25) is 0 Å². The topological polar surface area (TPSA) is 122 Å². The van der Waals surface area contributed by atoms with Crippen molar-refractivity contribution in [3.63, 3.8) is 0 Å². The molecule has 1 saturated heterocycles. The van der Waals surface area contributed by atoms with Crippen LogP contribution in [-0.4, -0.2) is 51.8 Å². The molecule has 0 aliphatic carbocycles. The van der Waals surface area contributed by atoms with Crippen molar-refractivity contribution in [3.8, 4) is 5.75 Å². The highest BCUT2D eigenvalue weighted by atomic mass is 32.2. The number of nitrogens with zero attached hydrogens (tertiary/aromatic N) is 1. The van der Waals surface area contributed by atoms with E-state index in [1.54, 1.807) is 13.0 Å². The monoisotopic (exact) mass is 476 g/mol. The number of hydrogen-bond acceptors (Lipinski definition) is 7. The summed E-state index contributed by atoms with van der Waals surface area (Å²) in [6.07, 6.45) is 1.47. The zero-order chi connectivity index (χ0) is 24.0. The Balaban J connectivity index is 1.82. The molecule has 1 aliphatic rings. The fourth-order valence-corrected chi connectivity index (χ4v) is 4.82. The lowest BCUT2D eigenvalue weighted by atomic mass is 9.97. The van der Waals surface area contributed by atoms with Crippen LogP contribution in [0.3, 0.4) is 0 Å². The number of piperidine rings is 1. The standard InChI is InChI=1S/C23H28N2O7S/c1-3-31-18-8-10-19(11-9-18)33(29,30)24-21-12-7-17(14-20(21)22(26)27)25-13-5-6-16(15-25)23(28)32-4-2/h7-12,14,16,24H,3-6,13,15H2,1-2H3,(H,26,27)/t16-/m1/s1. The third-order valence-corrected chi connectivity index (χ3v) is 6.71. The number of carboxylic acids is 1. The quantitative estimate of drug-likeness (QED) is 0.528. The van der Waals surface area contributed by atoms with Crippen LogP contribution in [0.25, 0.3) is 0 Å². The predicted octanol–water partition coefficient (Wildman–Crippen LogP) is 3.36. The average Bonchev–Trinajstić information content (AvgIpc) is 2.80. The summed E-state index contributed by atoms with van der Waals surface area (Å²) in [7, 11) is -4.01. The molecule has 0 saturated carbocycles. The fourth-order valence-electron chi connectivity index (χ4n) is 3.74. The second-order valence-electron chi connectivity index (χ2n) is 7.58. The SMILES string of the molecule is CCOC(=O)[C@@H]1CCCN(c2ccc(NS(=O)(=O)c3ccc(OCC)cc3)c(C(=O)O)c2)C1. The predicted molar refractivity (Wildman–Crippen MR) is 123 cm³/mol. The van der Waals surface area contributed by atoms with Gasteiger partial charge in [0.2, 0.25) is 0 Å². The molecule has 3 rings (SSSR count). The molecule has 0 unspecified atom stereocenters. The summed E-state index contributed by atoms with van der Waals surface area (Å²) < 4.78 is 38.4. The van der Waals surface area contributed by atoms with E-state index in [9.17, 15) is 23.1 Å². The highest BCUT2D eigenvalue weighted by Crippen LogP contribution is 2.29. The Hall–Kier alpha value is -3.27. The maximum atomic E-state index is 12.8. The van der Waals surface area contributed by atoms with Crippen LogP contribution in [0.5, 0.6) is 5.75 Å². The lowest BCUT2D eigenvalue weighted by Crippen LogP contribution is -2.39. The number of nitrogens with one attached hydrogen (secondary N) is 1. The highest BCUT2D eigenvalue weighted by molar-refractivity contribution is 7.92. The van der Waals surface area contributed by atoms with Gasteiger partial charge in [-0.2, -0.15) is 0 Å². The molecular weight excluding hydrogens is 448 g/mol. The molecule has 10 heteroatoms. The van der Waals surface area contributed by atoms with E-state index >= 15 is 0 Å². The van der Waals surface area contributed by atoms with Crippen molar-refractivity contribution in [3.05, 3.63) is 48.0 Å². The van der Waals surface area contributed by atoms with Gasteiger partial charge in [-0.1, -0.05) is 0 Å². The van der Waals surface area contributed by atoms with Crippen LogP contribution in [0, 0.1) is 5.92 Å². The number of carbonyl (C=O) groups excluding carboxylic acids is 1. The smallest absolute Gasteiger partial charge is 0.337 e. The molecular formula is C23H28N2O7S. The number of benzene rings is 2. The molecule has 0 aromatic heterocycles. The zero-order valence-electron chi connectivity index (χ0n) is 18.6. The third kappa shape index (κ3) is 5.95. The van der Waals surface area contributed by atoms with Crippen molar-refractivity contribution in [2.75, 3.05) is 35.9 Å². The minimum atomic E-state index is -4.01. The molecule has 1 atom stereocenters. The maximum absolute atomic E-state index is 12.8. The Morgan fingerprint density at radius 2 is 1.85 bits per heavy atom. The van der Waals surface area contributed by atoms with E-state index in [4.69, 9.17) is 9.47 Å². The molecule has 1 fully saturated rings. The van der Waals surface area contributed by atoms with Gasteiger partial charge in [-0.05, 0) is 69.2 Å². The van der Waals surface area contributed by atoms with Gasteiger partial charge >= 0.3 is 11.9 Å². The first-order valence-corrected chi connectivity index (χ1v) is 12.3. The molecule has 2 aromatic carbocycles. The van der Waals surface area contributed by atoms with Gasteiger partial charge in [0, 0.05) is 18.8 Å². The van der Waals surface area contributed by atoms with Gasteiger partial charge in [-0.15, -0.1) is 0 Å². The molecule has 1 aliphatic heterocycles. The van der Waals surface area contributed by atoms with Crippen molar-refractivity contribution in [2.45, 2.75) is 31.6 Å². The number of aromatic carboxylic acids is 1. The van der Waals surface area contributed by atoms with E-state index in [0.29, 0.717) is 44.2 Å². The molecule has 9 nitrogen and oxygen atoms in total. The highest BCUT2D eigenvalue weighted by Gasteiger charge is 2.28. The summed E-state index contributed by atoms with van der Waals surface area (Å²) in [4.78, 5) is 25.9. The number of carboxylic acid groups (broad SMARTS) is 1. The molecule has 0 bridgehead atoms. The van der Waals surface area contributed by atoms with Crippen LogP contribution in [0.4, 0.5) is 11.4 Å². The lowest BCUT2D eigenvalue weighted by molar-refractivity contribution is -0.148. The summed E-state index contributed by atoms with van der Waals surface area (Å²) in [5, 5.41) is 9.72. The van der Waals surface area contributed by atoms with Crippen molar-refractivity contribution in [1.82, 2.24) is 0 Å². The minimum Gasteiger partial charge on any atom is -0.494 e. The number of rotatable bonds is 9. The Kier molecular flexibility index (Phi) is 7.80. The van der Waals surface area contributed by atoms with Gasteiger partial charge in [0.15, 0.2) is 0 Å². The summed E-state index contributed by atoms with van der Waals surface area (Å²) >= 11 is 0. The summed E-state index contributed by atoms with van der Waals surface area (Å²) in [6, 6.07) is 10.4. The number of carbonyl (C=O) groups is 2. The Bertz CT molecular complexity index is 1100. The molecule has 33 heavy (non-hydrogen) atoms. The van der Waals surface area contributed by atoms with Crippen LogP contribution < -0.4 is 14.4 Å². The van der Waals surface area contributed by atoms with Crippen molar-refractivity contribution in [2.24, 2.45) is 5.92 Å². The minimum absolute atomic E-state index is 0.0142. The normalized spacial score (nSPS) is 16.2. The van der Waals surface area contributed by atoms with Crippen molar-refractivity contribution in [1.29, 1.82) is 0 Å². The Morgan fingerprint density at radius 3 is 2.48 bits per heavy atom. The molecule has 2 aromatic rings. The number of ether oxygens (including phenoxy) is 2. The van der Waals surface area contributed by atoms with Crippen LogP contribution in [-0.2, 0) is 19.6 Å². The maximum Gasteiger partial charge on any atom is 0.337 e. The van der Waals surface area contributed by atoms with Gasteiger partial charge in [0.1, 0.15) is 5.75 Å². The van der Waals surface area contributed by atoms with Crippen molar-refractivity contribution < 1.29 is 32.6 Å². The summed E-state index contributed by atoms with van der Waals surface area (Å²) in [6.45, 7) is 5.41. The van der Waals surface area contributed by atoms with E-state index in [0.717, 1.165) is 6.42 Å². The van der Waals surface area contributed by atoms with E-state index < -0.39 is 16.0 Å². The van der Waals surface area contributed by atoms with Crippen LogP contribution in [0.15, 0.2) is 47.4 Å². The van der Waals surface area contributed by atoms with Crippen LogP contribution >= 0.6 is 0 Å². The third-order valence-electron chi connectivity index (χ3n) is 5.33. The second-order valence-corrected chi connectivity index (χ2v) is 9.26. The van der Waals surface area contributed by atoms with Gasteiger partial charge < -0.3 is 19.5 Å². The van der Waals surface area contributed by atoms with E-state index in [-0.39, 0.29) is 28.0 Å². The molecule has 2 N–H and O–H groups in total. The van der Waals surface area contributed by atoms with Gasteiger partial charge in [0.05, 0.1) is 35.3 Å². The van der Waals surface area contributed by atoms with E-state index in [1.807, 2.05) is 11.8 Å². The molecule has 0 radical (unpaired) electrons. The number of hydrogen-bond donors (Lipinski definition) is 2. The molecule has 1 heterocycles. The van der Waals surface area contributed by atoms with E-state index in [2.05, 4.69) is 4.72 Å². The fraction of sp³-hybridized carbons (Fsp3) is 0.391. The first kappa shape index (κ1) is 24.4. The van der Waals surface area contributed by atoms with Crippen LogP contribution in [0.1, 0.15) is 37.0 Å². The number of sulfonamides is 1. The Morgan fingerprint density at radius 1 is 1.12 bits per heavy atom. The molecule has 0 amide bonds. The average molecular weight is 477 g/mol. The van der Waals surface area contributed by atoms with Gasteiger partial charge in [-0.25, -0.2) is 13.2 Å². The Labute approximate surface area is 193 Å². The first-order valence-electron chi connectivity index (χ1n) is 10.8. The largest absolute Gasteiger partial charge is 0.494 e. The summed E-state index contributed by atoms with van der Waals surface area (Å²) in [5.41, 5.74) is 0.379.